The molecule has 1 atom stereocenters. The Hall–Kier alpha value is -1.75. The lowest BCUT2D eigenvalue weighted by atomic mass is 10.1. The zero-order valence-electron chi connectivity index (χ0n) is 18.4. The average Bonchev–Trinajstić information content (AvgIpc) is 2.51. The smallest absolute Gasteiger partial charge is 0.320 e. The van der Waals surface area contributed by atoms with Crippen LogP contribution < -0.4 is 0 Å². The van der Waals surface area contributed by atoms with Crippen LogP contribution in [0, 0.1) is 10.1 Å². The maximum Gasteiger partial charge on any atom is 0.320 e. The van der Waals surface area contributed by atoms with Crippen molar-refractivity contribution in [2.45, 2.75) is 63.1 Å². The Morgan fingerprint density at radius 1 is 1.00 bits per heavy atom. The number of hydrogen-bond acceptors (Lipinski definition) is 7. The second-order valence-electron chi connectivity index (χ2n) is 9.07. The minimum atomic E-state index is -0.614. The lowest BCUT2D eigenvalue weighted by molar-refractivity contribution is -0.384. The van der Waals surface area contributed by atoms with E-state index in [9.17, 15) is 19.7 Å². The number of nitro groups is 1. The molecule has 1 aromatic rings. The molecule has 0 fully saturated rings. The highest BCUT2D eigenvalue weighted by atomic mass is 127. The molecule has 1 rings (SSSR count). The molecule has 8 nitrogen and oxygen atoms in total. The molecule has 9 heteroatoms. The first-order chi connectivity index (χ1) is 13.6. The van der Waals surface area contributed by atoms with Crippen LogP contribution in [0.3, 0.4) is 0 Å². The van der Waals surface area contributed by atoms with Crippen LogP contribution >= 0.6 is 22.6 Å². The van der Waals surface area contributed by atoms with E-state index in [2.05, 4.69) is 22.6 Å². The van der Waals surface area contributed by atoms with E-state index >= 15 is 0 Å². The number of hydrogen-bond donors (Lipinski definition) is 0. The van der Waals surface area contributed by atoms with E-state index in [1.165, 1.54) is 12.1 Å². The standard InChI is InChI=1S/C21H31IN2O6/c1-20(2,3)29-18(25)13-23(14-19(26)30-21(4,5)6)12-16(22)11-15-7-9-17(10-8-15)24(27)28/h7-10,16H,11-14H2,1-6H3. The van der Waals surface area contributed by atoms with Crippen LogP contribution in [0.15, 0.2) is 24.3 Å². The number of carbonyl (C=O) groups excluding carboxylic acids is 2. The fraction of sp³-hybridized carbons (Fsp3) is 0.619. The summed E-state index contributed by atoms with van der Waals surface area (Å²) in [6, 6.07) is 6.38. The van der Waals surface area contributed by atoms with Crippen molar-refractivity contribution in [1.29, 1.82) is 0 Å². The van der Waals surface area contributed by atoms with E-state index in [0.717, 1.165) is 5.56 Å². The van der Waals surface area contributed by atoms with E-state index in [1.54, 1.807) is 58.6 Å². The molecule has 0 aromatic heterocycles. The third kappa shape index (κ3) is 11.4. The third-order valence-corrected chi connectivity index (χ3v) is 4.44. The number of nitrogens with zero attached hydrogens (tertiary/aromatic N) is 2. The van der Waals surface area contributed by atoms with Crippen molar-refractivity contribution < 1.29 is 24.0 Å². The van der Waals surface area contributed by atoms with E-state index in [1.807, 2.05) is 0 Å². The third-order valence-electron chi connectivity index (χ3n) is 3.61. The predicted molar refractivity (Wildman–Crippen MR) is 123 cm³/mol. The van der Waals surface area contributed by atoms with Crippen molar-refractivity contribution in [3.63, 3.8) is 0 Å². The fourth-order valence-corrected chi connectivity index (χ4v) is 3.72. The Morgan fingerprint density at radius 2 is 1.43 bits per heavy atom. The molecular formula is C21H31IN2O6. The molecule has 0 bridgehead atoms. The molecule has 0 saturated carbocycles. The van der Waals surface area contributed by atoms with Gasteiger partial charge in [-0.25, -0.2) is 0 Å². The predicted octanol–water partition coefficient (Wildman–Crippen LogP) is 3.93. The van der Waals surface area contributed by atoms with Crippen LogP contribution in [0.25, 0.3) is 0 Å². The number of carbonyl (C=O) groups is 2. The molecule has 0 spiro atoms. The van der Waals surface area contributed by atoms with Crippen LogP contribution in [-0.4, -0.2) is 56.5 Å². The molecular weight excluding hydrogens is 503 g/mol. The summed E-state index contributed by atoms with van der Waals surface area (Å²) >= 11 is 2.25. The van der Waals surface area contributed by atoms with Gasteiger partial charge in [0.25, 0.3) is 5.69 Å². The van der Waals surface area contributed by atoms with Gasteiger partial charge in [0.05, 0.1) is 18.0 Å². The van der Waals surface area contributed by atoms with E-state index in [0.29, 0.717) is 13.0 Å². The maximum absolute atomic E-state index is 12.3. The van der Waals surface area contributed by atoms with Gasteiger partial charge < -0.3 is 9.47 Å². The zero-order valence-corrected chi connectivity index (χ0v) is 20.6. The summed E-state index contributed by atoms with van der Waals surface area (Å²) < 4.78 is 10.8. The second-order valence-corrected chi connectivity index (χ2v) is 10.8. The SMILES string of the molecule is CC(C)(C)OC(=O)CN(CC(=O)OC(C)(C)C)CC(I)Cc1ccc([N+](=O)[O-])cc1. The zero-order chi connectivity index (χ0) is 23.1. The van der Waals surface area contributed by atoms with Gasteiger partial charge in [0.1, 0.15) is 11.2 Å². The normalized spacial score (nSPS) is 13.1. The van der Waals surface area contributed by atoms with Crippen molar-refractivity contribution in [3.05, 3.63) is 39.9 Å². The minimum Gasteiger partial charge on any atom is -0.459 e. The van der Waals surface area contributed by atoms with Crippen molar-refractivity contribution in [3.8, 4) is 0 Å². The van der Waals surface area contributed by atoms with Crippen LogP contribution in [-0.2, 0) is 25.5 Å². The largest absolute Gasteiger partial charge is 0.459 e. The lowest BCUT2D eigenvalue weighted by Crippen LogP contribution is -2.42. The Bertz CT molecular complexity index is 707. The van der Waals surface area contributed by atoms with Crippen LogP contribution in [0.2, 0.25) is 0 Å². The molecule has 0 radical (unpaired) electrons. The summed E-state index contributed by atoms with van der Waals surface area (Å²) in [6.07, 6.45) is 0.637. The summed E-state index contributed by atoms with van der Waals surface area (Å²) in [5.74, 6) is -0.824. The monoisotopic (exact) mass is 534 g/mol. The number of rotatable bonds is 9. The first-order valence-corrected chi connectivity index (χ1v) is 10.9. The summed E-state index contributed by atoms with van der Waals surface area (Å²) in [4.78, 5) is 36.7. The van der Waals surface area contributed by atoms with Crippen molar-refractivity contribution in [2.75, 3.05) is 19.6 Å². The highest BCUT2D eigenvalue weighted by Gasteiger charge is 2.25. The quantitative estimate of drug-likeness (QED) is 0.156. The number of non-ortho nitro benzene ring substituents is 1. The van der Waals surface area contributed by atoms with Crippen molar-refractivity contribution in [2.24, 2.45) is 0 Å². The summed E-state index contributed by atoms with van der Waals surface area (Å²) in [5, 5.41) is 10.8. The number of esters is 2. The number of ether oxygens (including phenoxy) is 2. The molecule has 168 valence electrons. The van der Waals surface area contributed by atoms with Crippen LogP contribution in [0.1, 0.15) is 47.1 Å². The Morgan fingerprint density at radius 3 is 1.80 bits per heavy atom. The van der Waals surface area contributed by atoms with Gasteiger partial charge in [0.15, 0.2) is 0 Å². The van der Waals surface area contributed by atoms with Gasteiger partial charge in [-0.2, -0.15) is 0 Å². The van der Waals surface area contributed by atoms with Gasteiger partial charge in [-0.05, 0) is 53.5 Å². The molecule has 0 heterocycles. The van der Waals surface area contributed by atoms with Crippen molar-refractivity contribution in [1.82, 2.24) is 4.90 Å². The van der Waals surface area contributed by atoms with Gasteiger partial charge in [0.2, 0.25) is 0 Å². The second kappa shape index (κ2) is 11.0. The molecule has 30 heavy (non-hydrogen) atoms. The molecule has 1 aromatic carbocycles. The van der Waals surface area contributed by atoms with Gasteiger partial charge in [-0.3, -0.25) is 24.6 Å². The summed E-state index contributed by atoms with van der Waals surface area (Å²) in [5.41, 5.74) is -0.247. The fourth-order valence-electron chi connectivity index (χ4n) is 2.65. The van der Waals surface area contributed by atoms with Gasteiger partial charge in [-0.15, -0.1) is 0 Å². The van der Waals surface area contributed by atoms with Crippen LogP contribution in [0.4, 0.5) is 5.69 Å². The van der Waals surface area contributed by atoms with Crippen LogP contribution in [0.5, 0.6) is 0 Å². The first kappa shape index (κ1) is 26.3. The highest BCUT2D eigenvalue weighted by Crippen LogP contribution is 2.17. The number of benzene rings is 1. The van der Waals surface area contributed by atoms with Gasteiger partial charge >= 0.3 is 11.9 Å². The van der Waals surface area contributed by atoms with E-state index in [4.69, 9.17) is 9.47 Å². The van der Waals surface area contributed by atoms with E-state index < -0.39 is 28.1 Å². The van der Waals surface area contributed by atoms with Gasteiger partial charge in [-0.1, -0.05) is 34.7 Å². The molecule has 0 amide bonds. The number of nitro benzene ring substituents is 1. The number of alkyl halides is 1. The maximum atomic E-state index is 12.3. The van der Waals surface area contributed by atoms with Gasteiger partial charge in [0, 0.05) is 22.6 Å². The molecule has 0 aliphatic rings. The van der Waals surface area contributed by atoms with Crippen molar-refractivity contribution >= 4 is 40.2 Å². The molecule has 0 aliphatic heterocycles. The first-order valence-electron chi connectivity index (χ1n) is 9.68. The molecule has 0 aliphatic carbocycles. The highest BCUT2D eigenvalue weighted by molar-refractivity contribution is 14.1. The topological polar surface area (TPSA) is 99.0 Å². The Labute approximate surface area is 191 Å². The number of halogens is 1. The lowest BCUT2D eigenvalue weighted by Gasteiger charge is -2.27. The summed E-state index contributed by atoms with van der Waals surface area (Å²) in [7, 11) is 0. The molecule has 0 saturated heterocycles. The molecule has 1 unspecified atom stereocenters. The average molecular weight is 534 g/mol. The summed E-state index contributed by atoms with van der Waals surface area (Å²) in [6.45, 7) is 11.1. The minimum absolute atomic E-state index is 0.0315. The molecule has 0 N–H and O–H groups in total. The Kier molecular flexibility index (Phi) is 9.67. The van der Waals surface area contributed by atoms with E-state index in [-0.39, 0.29) is 22.7 Å². The Balaban J connectivity index is 2.79.